The van der Waals surface area contributed by atoms with Gasteiger partial charge in [0.15, 0.2) is 0 Å². The molecule has 0 heterocycles. The van der Waals surface area contributed by atoms with Crippen LogP contribution in [0.2, 0.25) is 0 Å². The fraction of sp³-hybridized carbons (Fsp3) is 0.650. The molecule has 3 aliphatic rings. The van der Waals surface area contributed by atoms with Crippen molar-refractivity contribution in [2.45, 2.75) is 68.5 Å². The number of nitrogens with one attached hydrogen (secondary N) is 1. The maximum absolute atomic E-state index is 14.6. The number of benzene rings is 1. The van der Waals surface area contributed by atoms with E-state index in [9.17, 15) is 23.2 Å². The van der Waals surface area contributed by atoms with Crippen LogP contribution in [0.25, 0.3) is 0 Å². The first-order valence-corrected chi connectivity index (χ1v) is 11.0. The SMILES string of the molecule is O=C(NN(O)SC1CC1)c1cc(C2CC2)c(OCC2CCCC(F)(F)C2)cc1F. The first kappa shape index (κ1) is 20.8. The van der Waals surface area contributed by atoms with Crippen LogP contribution in [0.1, 0.15) is 73.2 Å². The number of ether oxygens (including phenoxy) is 1. The Hall–Kier alpha value is -1.45. The van der Waals surface area contributed by atoms with Gasteiger partial charge >= 0.3 is 0 Å². The van der Waals surface area contributed by atoms with E-state index >= 15 is 0 Å². The summed E-state index contributed by atoms with van der Waals surface area (Å²) in [6, 6.07) is 2.63. The Morgan fingerprint density at radius 1 is 1.28 bits per heavy atom. The van der Waals surface area contributed by atoms with Gasteiger partial charge in [-0.25, -0.2) is 13.2 Å². The molecular weight excluding hydrogens is 405 g/mol. The third-order valence-corrected chi connectivity index (χ3v) is 6.61. The van der Waals surface area contributed by atoms with Gasteiger partial charge in [0.1, 0.15) is 11.6 Å². The molecule has 0 bridgehead atoms. The number of hydrogen-bond acceptors (Lipinski definition) is 5. The van der Waals surface area contributed by atoms with Crippen molar-refractivity contribution in [1.82, 2.24) is 10.0 Å². The van der Waals surface area contributed by atoms with Gasteiger partial charge in [-0.1, -0.05) is 0 Å². The van der Waals surface area contributed by atoms with Crippen LogP contribution < -0.4 is 10.2 Å². The summed E-state index contributed by atoms with van der Waals surface area (Å²) in [4.78, 5) is 12.4. The monoisotopic (exact) mass is 430 g/mol. The van der Waals surface area contributed by atoms with Gasteiger partial charge < -0.3 is 4.74 Å². The van der Waals surface area contributed by atoms with Crippen molar-refractivity contribution in [3.05, 3.63) is 29.1 Å². The summed E-state index contributed by atoms with van der Waals surface area (Å²) in [5.41, 5.74) is 2.81. The highest BCUT2D eigenvalue weighted by Gasteiger charge is 2.37. The predicted molar refractivity (Wildman–Crippen MR) is 102 cm³/mol. The third kappa shape index (κ3) is 5.58. The van der Waals surface area contributed by atoms with Crippen molar-refractivity contribution in [3.63, 3.8) is 0 Å². The molecule has 4 rings (SSSR count). The number of nitrogens with zero attached hydrogens (tertiary/aromatic N) is 1. The highest BCUT2D eigenvalue weighted by molar-refractivity contribution is 7.97. The molecule has 9 heteroatoms. The molecule has 160 valence electrons. The van der Waals surface area contributed by atoms with E-state index in [-0.39, 0.29) is 42.1 Å². The lowest BCUT2D eigenvalue weighted by atomic mass is 9.87. The van der Waals surface area contributed by atoms with Crippen molar-refractivity contribution < 1.29 is 27.9 Å². The maximum atomic E-state index is 14.6. The topological polar surface area (TPSA) is 61.8 Å². The largest absolute Gasteiger partial charge is 0.493 e. The molecule has 0 aliphatic heterocycles. The molecule has 3 fully saturated rings. The fourth-order valence-corrected chi connectivity index (χ4v) is 4.46. The van der Waals surface area contributed by atoms with Crippen molar-refractivity contribution in [2.24, 2.45) is 5.92 Å². The second-order valence-electron chi connectivity index (χ2n) is 8.29. The second-order valence-corrected chi connectivity index (χ2v) is 9.52. The smallest absolute Gasteiger partial charge is 0.271 e. The summed E-state index contributed by atoms with van der Waals surface area (Å²) in [7, 11) is 0. The molecule has 5 nitrogen and oxygen atoms in total. The molecule has 1 atom stereocenters. The van der Waals surface area contributed by atoms with E-state index in [4.69, 9.17) is 4.74 Å². The molecule has 0 aromatic heterocycles. The highest BCUT2D eigenvalue weighted by atomic mass is 32.2. The zero-order valence-corrected chi connectivity index (χ0v) is 16.8. The number of alkyl halides is 2. The van der Waals surface area contributed by atoms with E-state index in [1.165, 1.54) is 12.1 Å². The van der Waals surface area contributed by atoms with Crippen LogP contribution in [0.5, 0.6) is 5.75 Å². The average molecular weight is 430 g/mol. The van der Waals surface area contributed by atoms with Crippen molar-refractivity contribution in [1.29, 1.82) is 0 Å². The van der Waals surface area contributed by atoms with Gasteiger partial charge in [-0.15, -0.1) is 0 Å². The lowest BCUT2D eigenvalue weighted by molar-refractivity contribution is -0.0586. The Labute approximate surface area is 172 Å². The van der Waals surface area contributed by atoms with Gasteiger partial charge in [-0.2, -0.15) is 0 Å². The molecule has 1 amide bonds. The minimum Gasteiger partial charge on any atom is -0.493 e. The number of carbonyl (C=O) groups is 1. The van der Waals surface area contributed by atoms with E-state index in [1.807, 2.05) is 0 Å². The molecule has 1 unspecified atom stereocenters. The number of hydrazine groups is 1. The molecule has 0 spiro atoms. The van der Waals surface area contributed by atoms with Gasteiger partial charge in [0, 0.05) is 24.2 Å². The Balaban J connectivity index is 1.44. The van der Waals surface area contributed by atoms with Crippen molar-refractivity contribution in [2.75, 3.05) is 6.61 Å². The number of rotatable bonds is 8. The first-order valence-electron chi connectivity index (χ1n) is 10.1. The predicted octanol–water partition coefficient (Wildman–Crippen LogP) is 5.05. The molecule has 1 aromatic rings. The first-order chi connectivity index (χ1) is 13.8. The van der Waals surface area contributed by atoms with Crippen LogP contribution in [0, 0.1) is 11.7 Å². The summed E-state index contributed by atoms with van der Waals surface area (Å²) >= 11 is 1.09. The molecule has 1 aromatic carbocycles. The second kappa shape index (κ2) is 8.35. The van der Waals surface area contributed by atoms with E-state index in [1.54, 1.807) is 0 Å². The fourth-order valence-electron chi connectivity index (χ4n) is 3.70. The van der Waals surface area contributed by atoms with Crippen LogP contribution in [-0.4, -0.2) is 33.5 Å². The van der Waals surface area contributed by atoms with Crippen LogP contribution in [0.15, 0.2) is 12.1 Å². The molecule has 0 radical (unpaired) electrons. The summed E-state index contributed by atoms with van der Waals surface area (Å²) in [5, 5.41) is 10.0. The Bertz CT molecular complexity index is 772. The number of halogens is 3. The number of amides is 1. The third-order valence-electron chi connectivity index (χ3n) is 5.55. The van der Waals surface area contributed by atoms with Crippen LogP contribution in [0.3, 0.4) is 0 Å². The molecule has 3 saturated carbocycles. The Morgan fingerprint density at radius 2 is 2.03 bits per heavy atom. The van der Waals surface area contributed by atoms with E-state index in [0.29, 0.717) is 23.2 Å². The standard InChI is InChI=1S/C20H25F3N2O3S/c21-17-9-18(28-11-12-2-1-7-20(22,23)10-12)15(13-3-4-13)8-16(17)19(26)24-25(27)29-14-5-6-14/h8-9,12-14,27H,1-7,10-11H2,(H,24,26). The van der Waals surface area contributed by atoms with Crippen molar-refractivity contribution >= 4 is 17.9 Å². The maximum Gasteiger partial charge on any atom is 0.271 e. The molecule has 0 saturated heterocycles. The Kier molecular flexibility index (Phi) is 5.99. The quantitative estimate of drug-likeness (QED) is 0.446. The number of hydrogen-bond donors (Lipinski definition) is 2. The summed E-state index contributed by atoms with van der Waals surface area (Å²) < 4.78 is 48.2. The van der Waals surface area contributed by atoms with Crippen LogP contribution in [0.4, 0.5) is 13.2 Å². The zero-order chi connectivity index (χ0) is 20.6. The van der Waals surface area contributed by atoms with Crippen LogP contribution >= 0.6 is 11.9 Å². The molecule has 3 aliphatic carbocycles. The van der Waals surface area contributed by atoms with Gasteiger partial charge in [0.25, 0.3) is 5.91 Å². The van der Waals surface area contributed by atoms with Gasteiger partial charge in [-0.05, 0) is 78.5 Å². The van der Waals surface area contributed by atoms with Gasteiger partial charge in [0.2, 0.25) is 5.92 Å². The van der Waals surface area contributed by atoms with E-state index in [2.05, 4.69) is 5.43 Å². The van der Waals surface area contributed by atoms with Gasteiger partial charge in [0.05, 0.1) is 12.2 Å². The lowest BCUT2D eigenvalue weighted by Crippen LogP contribution is -2.36. The minimum atomic E-state index is -2.66. The normalized spacial score (nSPS) is 23.8. The number of carbonyl (C=O) groups excluding carboxylic acids is 1. The molecule has 29 heavy (non-hydrogen) atoms. The van der Waals surface area contributed by atoms with E-state index < -0.39 is 17.6 Å². The zero-order valence-electron chi connectivity index (χ0n) is 16.0. The summed E-state index contributed by atoms with van der Waals surface area (Å²) in [5.74, 6) is -3.92. The minimum absolute atomic E-state index is 0.0871. The molecule has 2 N–H and O–H groups in total. The van der Waals surface area contributed by atoms with Crippen LogP contribution in [-0.2, 0) is 0 Å². The summed E-state index contributed by atoms with van der Waals surface area (Å²) in [6.45, 7) is 0.114. The average Bonchev–Trinajstić information content (AvgIpc) is 3.53. The van der Waals surface area contributed by atoms with E-state index in [0.717, 1.165) is 43.2 Å². The van der Waals surface area contributed by atoms with Crippen molar-refractivity contribution in [3.8, 4) is 5.75 Å². The Morgan fingerprint density at radius 3 is 2.69 bits per heavy atom. The lowest BCUT2D eigenvalue weighted by Gasteiger charge is -2.29. The van der Waals surface area contributed by atoms with Gasteiger partial charge in [-0.3, -0.25) is 15.4 Å². The summed E-state index contributed by atoms with van der Waals surface area (Å²) in [6.07, 6.45) is 4.59. The molecular formula is C20H25F3N2O3S. The highest BCUT2D eigenvalue weighted by Crippen LogP contribution is 2.45.